The Labute approximate surface area is 73.2 Å². The first-order valence-electron chi connectivity index (χ1n) is 4.22. The molecule has 0 unspecified atom stereocenters. The third kappa shape index (κ3) is 2.18. The number of unbranched alkanes of at least 4 members (excludes halogenated alkanes) is 1. The van der Waals surface area contributed by atoms with Crippen LogP contribution in [-0.2, 0) is 10.0 Å². The number of aliphatic hydroxyl groups excluding tert-OH is 1. The van der Waals surface area contributed by atoms with Crippen LogP contribution in [0.2, 0.25) is 0 Å². The number of nitrogens with zero attached hydrogens (tertiary/aromatic N) is 1. The van der Waals surface area contributed by atoms with Crippen molar-refractivity contribution in [3.63, 3.8) is 0 Å². The summed E-state index contributed by atoms with van der Waals surface area (Å²) in [6, 6.07) is 0. The lowest BCUT2D eigenvalue weighted by molar-refractivity contribution is 0.0548. The fraction of sp³-hybridized carbons (Fsp3) is 1.00. The highest BCUT2D eigenvalue weighted by molar-refractivity contribution is 7.89. The summed E-state index contributed by atoms with van der Waals surface area (Å²) in [7, 11) is -3.05. The molecule has 5 heteroatoms. The van der Waals surface area contributed by atoms with Crippen LogP contribution in [0, 0.1) is 0 Å². The van der Waals surface area contributed by atoms with Crippen molar-refractivity contribution in [3.8, 4) is 0 Å². The number of hydrogen-bond acceptors (Lipinski definition) is 3. The highest BCUT2D eigenvalue weighted by Gasteiger charge is 2.33. The molecule has 1 aliphatic rings. The second-order valence-corrected chi connectivity index (χ2v) is 5.23. The quantitative estimate of drug-likeness (QED) is 0.672. The summed E-state index contributed by atoms with van der Waals surface area (Å²) in [6.45, 7) is 2.53. The molecule has 0 spiro atoms. The first-order chi connectivity index (χ1) is 5.56. The average Bonchev–Trinajstić information content (AvgIpc) is 1.95. The van der Waals surface area contributed by atoms with Gasteiger partial charge in [-0.2, -0.15) is 4.31 Å². The Hall–Kier alpha value is -0.130. The predicted molar refractivity (Wildman–Crippen MR) is 46.3 cm³/mol. The van der Waals surface area contributed by atoms with E-state index in [1.807, 2.05) is 6.92 Å². The summed E-state index contributed by atoms with van der Waals surface area (Å²) in [5.74, 6) is 0.218. The molecule has 0 atom stereocenters. The van der Waals surface area contributed by atoms with Gasteiger partial charge in [0.25, 0.3) is 0 Å². The van der Waals surface area contributed by atoms with Crippen LogP contribution in [0.25, 0.3) is 0 Å². The van der Waals surface area contributed by atoms with E-state index in [4.69, 9.17) is 5.11 Å². The minimum atomic E-state index is -3.05. The Kier molecular flexibility index (Phi) is 3.09. The first kappa shape index (κ1) is 9.95. The molecule has 0 amide bonds. The number of rotatable bonds is 4. The van der Waals surface area contributed by atoms with E-state index in [2.05, 4.69) is 0 Å². The molecule has 0 aromatic rings. The van der Waals surface area contributed by atoms with Gasteiger partial charge in [-0.1, -0.05) is 13.3 Å². The van der Waals surface area contributed by atoms with Crippen molar-refractivity contribution < 1.29 is 13.5 Å². The summed E-state index contributed by atoms with van der Waals surface area (Å²) in [6.07, 6.45) is 1.14. The summed E-state index contributed by atoms with van der Waals surface area (Å²) >= 11 is 0. The molecule has 0 aromatic carbocycles. The van der Waals surface area contributed by atoms with Gasteiger partial charge in [0.1, 0.15) is 0 Å². The number of β-amino-alcohol motifs (C(OH)–C–C–N with tert-alkyl or cyclic N) is 1. The molecule has 1 aliphatic heterocycles. The Bertz CT molecular complexity index is 231. The van der Waals surface area contributed by atoms with Crippen LogP contribution in [0.15, 0.2) is 0 Å². The van der Waals surface area contributed by atoms with Crippen LogP contribution in [0.5, 0.6) is 0 Å². The number of sulfonamides is 1. The van der Waals surface area contributed by atoms with Crippen molar-refractivity contribution >= 4 is 10.0 Å². The average molecular weight is 193 g/mol. The molecule has 0 saturated carbocycles. The van der Waals surface area contributed by atoms with Crippen molar-refractivity contribution in [1.29, 1.82) is 0 Å². The Morgan fingerprint density at radius 2 is 2.08 bits per heavy atom. The second-order valence-electron chi connectivity index (χ2n) is 3.14. The maximum Gasteiger partial charge on any atom is 0.214 e. The molecule has 4 nitrogen and oxygen atoms in total. The monoisotopic (exact) mass is 193 g/mol. The van der Waals surface area contributed by atoms with E-state index in [-0.39, 0.29) is 18.8 Å². The molecule has 1 saturated heterocycles. The van der Waals surface area contributed by atoms with Crippen LogP contribution in [0.3, 0.4) is 0 Å². The van der Waals surface area contributed by atoms with Crippen LogP contribution >= 0.6 is 0 Å². The highest BCUT2D eigenvalue weighted by Crippen LogP contribution is 2.14. The zero-order chi connectivity index (χ0) is 9.19. The van der Waals surface area contributed by atoms with Gasteiger partial charge in [-0.15, -0.1) is 0 Å². The fourth-order valence-electron chi connectivity index (χ4n) is 1.10. The second kappa shape index (κ2) is 3.72. The molecule has 1 rings (SSSR count). The van der Waals surface area contributed by atoms with Crippen molar-refractivity contribution in [2.75, 3.05) is 18.8 Å². The van der Waals surface area contributed by atoms with Crippen molar-refractivity contribution in [1.82, 2.24) is 4.31 Å². The normalized spacial score (nSPS) is 20.8. The number of aliphatic hydroxyl groups is 1. The van der Waals surface area contributed by atoms with E-state index < -0.39 is 16.1 Å². The number of hydrogen-bond donors (Lipinski definition) is 1. The van der Waals surface area contributed by atoms with Crippen LogP contribution in [-0.4, -0.2) is 42.8 Å². The Morgan fingerprint density at radius 1 is 1.50 bits per heavy atom. The lowest BCUT2D eigenvalue weighted by Crippen LogP contribution is -2.53. The largest absolute Gasteiger partial charge is 0.390 e. The molecule has 1 N–H and O–H groups in total. The molecule has 0 aromatic heterocycles. The van der Waals surface area contributed by atoms with E-state index >= 15 is 0 Å². The zero-order valence-electron chi connectivity index (χ0n) is 7.23. The first-order valence-corrected chi connectivity index (χ1v) is 5.83. The third-order valence-corrected chi connectivity index (χ3v) is 3.87. The summed E-state index contributed by atoms with van der Waals surface area (Å²) in [5, 5.41) is 8.90. The maximum atomic E-state index is 11.3. The lowest BCUT2D eigenvalue weighted by Gasteiger charge is -2.34. The zero-order valence-corrected chi connectivity index (χ0v) is 8.05. The van der Waals surface area contributed by atoms with E-state index in [0.29, 0.717) is 6.42 Å². The fourth-order valence-corrected chi connectivity index (χ4v) is 2.81. The van der Waals surface area contributed by atoms with Crippen LogP contribution in [0.4, 0.5) is 0 Å². The van der Waals surface area contributed by atoms with Gasteiger partial charge in [0.15, 0.2) is 0 Å². The van der Waals surface area contributed by atoms with Gasteiger partial charge in [-0.05, 0) is 6.42 Å². The van der Waals surface area contributed by atoms with Crippen molar-refractivity contribution in [2.45, 2.75) is 25.9 Å². The predicted octanol–water partition coefficient (Wildman–Crippen LogP) is -0.207. The standard InChI is InChI=1S/C7H15NO3S/c1-2-3-4-12(10,11)8-5-7(9)6-8/h7,9H,2-6H2,1H3. The third-order valence-electron chi connectivity index (χ3n) is 1.98. The molecule has 0 bridgehead atoms. The molecule has 0 radical (unpaired) electrons. The van der Waals surface area contributed by atoms with Crippen LogP contribution < -0.4 is 0 Å². The van der Waals surface area contributed by atoms with Gasteiger partial charge >= 0.3 is 0 Å². The van der Waals surface area contributed by atoms with E-state index in [1.54, 1.807) is 0 Å². The maximum absolute atomic E-state index is 11.3. The minimum absolute atomic E-state index is 0.218. The Balaban J connectivity index is 2.39. The van der Waals surface area contributed by atoms with Gasteiger partial charge in [0.05, 0.1) is 11.9 Å². The summed E-state index contributed by atoms with van der Waals surface area (Å²) in [5.41, 5.74) is 0. The SMILES string of the molecule is CCCCS(=O)(=O)N1CC(O)C1. The van der Waals surface area contributed by atoms with E-state index in [1.165, 1.54) is 4.31 Å². The summed E-state index contributed by atoms with van der Waals surface area (Å²) < 4.78 is 24.0. The van der Waals surface area contributed by atoms with Gasteiger partial charge in [0, 0.05) is 13.1 Å². The van der Waals surface area contributed by atoms with Gasteiger partial charge in [-0.3, -0.25) is 0 Å². The van der Waals surface area contributed by atoms with Gasteiger partial charge in [-0.25, -0.2) is 8.42 Å². The van der Waals surface area contributed by atoms with E-state index in [0.717, 1.165) is 6.42 Å². The van der Waals surface area contributed by atoms with Crippen LogP contribution in [0.1, 0.15) is 19.8 Å². The smallest absolute Gasteiger partial charge is 0.214 e. The molecule has 12 heavy (non-hydrogen) atoms. The molecular weight excluding hydrogens is 178 g/mol. The highest BCUT2D eigenvalue weighted by atomic mass is 32.2. The molecule has 1 fully saturated rings. The summed E-state index contributed by atoms with van der Waals surface area (Å²) in [4.78, 5) is 0. The van der Waals surface area contributed by atoms with Crippen molar-refractivity contribution in [2.24, 2.45) is 0 Å². The van der Waals surface area contributed by atoms with E-state index in [9.17, 15) is 8.42 Å². The molecular formula is C7H15NO3S. The molecule has 1 heterocycles. The topological polar surface area (TPSA) is 57.6 Å². The van der Waals surface area contributed by atoms with Crippen molar-refractivity contribution in [3.05, 3.63) is 0 Å². The molecule has 72 valence electrons. The van der Waals surface area contributed by atoms with Gasteiger partial charge < -0.3 is 5.11 Å². The Morgan fingerprint density at radius 3 is 2.50 bits per heavy atom. The lowest BCUT2D eigenvalue weighted by atomic mass is 10.2. The molecule has 0 aliphatic carbocycles. The van der Waals surface area contributed by atoms with Gasteiger partial charge in [0.2, 0.25) is 10.0 Å². The minimum Gasteiger partial charge on any atom is -0.390 e.